The number of hydrogen-bond acceptors (Lipinski definition) is 2. The van der Waals surface area contributed by atoms with Gasteiger partial charge in [0.2, 0.25) is 0 Å². The number of aromatic nitrogens is 3. The van der Waals surface area contributed by atoms with E-state index in [1.165, 1.54) is 10.9 Å². The van der Waals surface area contributed by atoms with Crippen molar-refractivity contribution in [1.29, 1.82) is 0 Å². The van der Waals surface area contributed by atoms with E-state index in [-0.39, 0.29) is 5.41 Å². The summed E-state index contributed by atoms with van der Waals surface area (Å²) in [5.74, 6) is 0. The van der Waals surface area contributed by atoms with Gasteiger partial charge in [-0.1, -0.05) is 20.8 Å². The van der Waals surface area contributed by atoms with Crippen molar-refractivity contribution < 1.29 is 0 Å². The Morgan fingerprint density at radius 3 is 2.47 bits per heavy atom. The van der Waals surface area contributed by atoms with Crippen molar-refractivity contribution in [2.24, 2.45) is 7.05 Å². The fourth-order valence-corrected chi connectivity index (χ4v) is 1.99. The molecule has 0 radical (unpaired) electrons. The van der Waals surface area contributed by atoms with E-state index in [0.29, 0.717) is 0 Å². The van der Waals surface area contributed by atoms with E-state index < -0.39 is 0 Å². The molecule has 0 aliphatic rings. The molecule has 0 N–H and O–H groups in total. The molecular formula is C12H17N3. The highest BCUT2D eigenvalue weighted by molar-refractivity contribution is 5.83. The van der Waals surface area contributed by atoms with Crippen LogP contribution in [-0.2, 0) is 12.5 Å². The minimum Gasteiger partial charge on any atom is -0.335 e. The van der Waals surface area contributed by atoms with Crippen molar-refractivity contribution in [3.63, 3.8) is 0 Å². The number of hydrogen-bond donors (Lipinski definition) is 0. The predicted molar refractivity (Wildman–Crippen MR) is 61.9 cm³/mol. The summed E-state index contributed by atoms with van der Waals surface area (Å²) in [5, 5.41) is 1.20. The third kappa shape index (κ3) is 1.52. The monoisotopic (exact) mass is 203 g/mol. The van der Waals surface area contributed by atoms with Crippen LogP contribution < -0.4 is 0 Å². The van der Waals surface area contributed by atoms with Crippen LogP contribution >= 0.6 is 0 Å². The number of fused-ring (bicyclic) bond motifs is 1. The van der Waals surface area contributed by atoms with Crippen LogP contribution in [0.1, 0.15) is 32.0 Å². The van der Waals surface area contributed by atoms with Crippen LogP contribution in [0.5, 0.6) is 0 Å². The third-order valence-corrected chi connectivity index (χ3v) is 2.65. The fraction of sp³-hybridized carbons (Fsp3) is 0.500. The summed E-state index contributed by atoms with van der Waals surface area (Å²) in [7, 11) is 2.02. The molecule has 0 amide bonds. The lowest BCUT2D eigenvalue weighted by Crippen LogP contribution is -2.14. The summed E-state index contributed by atoms with van der Waals surface area (Å²) in [6.45, 7) is 8.66. The average Bonchev–Trinajstić information content (AvgIpc) is 2.41. The molecule has 0 saturated heterocycles. The molecule has 0 aliphatic carbocycles. The first-order valence-corrected chi connectivity index (χ1v) is 5.18. The van der Waals surface area contributed by atoms with Crippen molar-refractivity contribution in [3.05, 3.63) is 23.8 Å². The zero-order valence-corrected chi connectivity index (χ0v) is 10.00. The normalized spacial score (nSPS) is 12.3. The molecule has 3 nitrogen and oxygen atoms in total. The van der Waals surface area contributed by atoms with E-state index in [2.05, 4.69) is 48.4 Å². The van der Waals surface area contributed by atoms with E-state index in [1.54, 1.807) is 6.33 Å². The van der Waals surface area contributed by atoms with E-state index in [9.17, 15) is 0 Å². The van der Waals surface area contributed by atoms with Crippen LogP contribution in [0.25, 0.3) is 11.0 Å². The van der Waals surface area contributed by atoms with Gasteiger partial charge in [-0.25, -0.2) is 9.97 Å². The van der Waals surface area contributed by atoms with Gasteiger partial charge in [0, 0.05) is 24.0 Å². The van der Waals surface area contributed by atoms with Gasteiger partial charge in [0.1, 0.15) is 12.0 Å². The molecule has 0 aromatic carbocycles. The van der Waals surface area contributed by atoms with E-state index in [0.717, 1.165) is 11.3 Å². The number of nitrogens with zero attached hydrogens (tertiary/aromatic N) is 3. The molecule has 80 valence electrons. The Morgan fingerprint density at radius 1 is 1.20 bits per heavy atom. The quantitative estimate of drug-likeness (QED) is 0.659. The molecule has 0 atom stereocenters. The summed E-state index contributed by atoms with van der Waals surface area (Å²) in [5.41, 5.74) is 3.46. The number of aryl methyl sites for hydroxylation is 2. The van der Waals surface area contributed by atoms with Gasteiger partial charge in [-0.05, 0) is 12.5 Å². The minimum atomic E-state index is 0.0628. The van der Waals surface area contributed by atoms with Gasteiger partial charge in [0.05, 0.1) is 5.69 Å². The summed E-state index contributed by atoms with van der Waals surface area (Å²) in [6, 6.07) is 0. The minimum absolute atomic E-state index is 0.0628. The maximum Gasteiger partial charge on any atom is 0.143 e. The highest BCUT2D eigenvalue weighted by Crippen LogP contribution is 2.29. The maximum absolute atomic E-state index is 4.43. The van der Waals surface area contributed by atoms with E-state index in [4.69, 9.17) is 0 Å². The lowest BCUT2D eigenvalue weighted by atomic mass is 9.89. The molecule has 0 unspecified atom stereocenters. The molecule has 2 aromatic heterocycles. The Hall–Kier alpha value is -1.38. The average molecular weight is 203 g/mol. The van der Waals surface area contributed by atoms with Crippen LogP contribution in [0.3, 0.4) is 0 Å². The van der Waals surface area contributed by atoms with Crippen molar-refractivity contribution in [3.8, 4) is 0 Å². The Labute approximate surface area is 90.2 Å². The van der Waals surface area contributed by atoms with Crippen LogP contribution in [0.4, 0.5) is 0 Å². The molecule has 0 bridgehead atoms. The zero-order valence-electron chi connectivity index (χ0n) is 10.00. The molecule has 2 heterocycles. The van der Waals surface area contributed by atoms with Crippen LogP contribution in [0, 0.1) is 6.92 Å². The van der Waals surface area contributed by atoms with Crippen molar-refractivity contribution in [2.75, 3.05) is 0 Å². The van der Waals surface area contributed by atoms with Crippen LogP contribution in [-0.4, -0.2) is 14.5 Å². The fourth-order valence-electron chi connectivity index (χ4n) is 1.99. The first-order valence-electron chi connectivity index (χ1n) is 5.18. The van der Waals surface area contributed by atoms with Gasteiger partial charge < -0.3 is 4.57 Å². The van der Waals surface area contributed by atoms with Gasteiger partial charge in [-0.15, -0.1) is 0 Å². The second-order valence-corrected chi connectivity index (χ2v) is 5.09. The predicted octanol–water partition coefficient (Wildman–Crippen LogP) is 2.57. The standard InChI is InChI=1S/C12H17N3/c1-8-6-15(5)11-9(8)10(12(2,3)4)13-7-14-11/h6-7H,1-5H3. The van der Waals surface area contributed by atoms with Gasteiger partial charge in [-0.2, -0.15) is 0 Å². The third-order valence-electron chi connectivity index (χ3n) is 2.65. The topological polar surface area (TPSA) is 30.7 Å². The molecule has 15 heavy (non-hydrogen) atoms. The molecular weight excluding hydrogens is 186 g/mol. The largest absolute Gasteiger partial charge is 0.335 e. The molecule has 0 aliphatic heterocycles. The number of rotatable bonds is 0. The molecule has 3 heteroatoms. The Morgan fingerprint density at radius 2 is 1.87 bits per heavy atom. The van der Waals surface area contributed by atoms with Gasteiger partial charge in [0.15, 0.2) is 0 Å². The molecule has 0 spiro atoms. The highest BCUT2D eigenvalue weighted by atomic mass is 15.0. The molecule has 0 saturated carbocycles. The van der Waals surface area contributed by atoms with Gasteiger partial charge in [-0.3, -0.25) is 0 Å². The van der Waals surface area contributed by atoms with E-state index in [1.807, 2.05) is 7.05 Å². The lowest BCUT2D eigenvalue weighted by molar-refractivity contribution is 0.573. The van der Waals surface area contributed by atoms with Gasteiger partial charge >= 0.3 is 0 Å². The van der Waals surface area contributed by atoms with Crippen molar-refractivity contribution >= 4 is 11.0 Å². The van der Waals surface area contributed by atoms with Crippen LogP contribution in [0.2, 0.25) is 0 Å². The van der Waals surface area contributed by atoms with Crippen LogP contribution in [0.15, 0.2) is 12.5 Å². The smallest absolute Gasteiger partial charge is 0.143 e. The zero-order chi connectivity index (χ0) is 11.2. The lowest BCUT2D eigenvalue weighted by Gasteiger charge is -2.18. The highest BCUT2D eigenvalue weighted by Gasteiger charge is 2.21. The summed E-state index contributed by atoms with van der Waals surface area (Å²) >= 11 is 0. The summed E-state index contributed by atoms with van der Waals surface area (Å²) < 4.78 is 2.06. The molecule has 2 aromatic rings. The second kappa shape index (κ2) is 3.05. The van der Waals surface area contributed by atoms with Gasteiger partial charge in [0.25, 0.3) is 0 Å². The van der Waals surface area contributed by atoms with E-state index >= 15 is 0 Å². The molecule has 2 rings (SSSR count). The first-order chi connectivity index (χ1) is 6.91. The first kappa shape index (κ1) is 10.1. The Bertz CT molecular complexity index is 503. The summed E-state index contributed by atoms with van der Waals surface area (Å²) in [6.07, 6.45) is 3.76. The molecule has 0 fully saturated rings. The Balaban J connectivity index is 2.87. The Kier molecular flexibility index (Phi) is 2.07. The summed E-state index contributed by atoms with van der Waals surface area (Å²) in [4.78, 5) is 8.76. The SMILES string of the molecule is Cc1cn(C)c2ncnc(C(C)(C)C)c12. The van der Waals surface area contributed by atoms with Crippen molar-refractivity contribution in [2.45, 2.75) is 33.1 Å². The maximum atomic E-state index is 4.43. The van der Waals surface area contributed by atoms with Crippen molar-refractivity contribution in [1.82, 2.24) is 14.5 Å². The second-order valence-electron chi connectivity index (χ2n) is 5.09.